The number of hydrogen-bond donors (Lipinski definition) is 1. The van der Waals surface area contributed by atoms with Gasteiger partial charge in [0.2, 0.25) is 0 Å². The molecule has 2 nitrogen and oxygen atoms in total. The number of nitrogens with zero attached hydrogens (tertiary/aromatic N) is 1. The van der Waals surface area contributed by atoms with Gasteiger partial charge in [-0.15, -0.1) is 0 Å². The van der Waals surface area contributed by atoms with E-state index in [0.29, 0.717) is 6.04 Å². The van der Waals surface area contributed by atoms with E-state index in [1.54, 1.807) is 0 Å². The fourth-order valence-corrected chi connectivity index (χ4v) is 3.08. The second-order valence-corrected chi connectivity index (χ2v) is 7.57. The van der Waals surface area contributed by atoms with Crippen LogP contribution in [0, 0.1) is 17.8 Å². The quantitative estimate of drug-likeness (QED) is 0.756. The molecule has 19 heavy (non-hydrogen) atoms. The molecule has 2 unspecified atom stereocenters. The zero-order chi connectivity index (χ0) is 14.4. The largest absolute Gasteiger partial charge is 0.311 e. The summed E-state index contributed by atoms with van der Waals surface area (Å²) in [5.41, 5.74) is 0. The van der Waals surface area contributed by atoms with Crippen molar-refractivity contribution < 1.29 is 0 Å². The highest BCUT2D eigenvalue weighted by Gasteiger charge is 2.29. The van der Waals surface area contributed by atoms with Crippen LogP contribution in [-0.2, 0) is 0 Å². The molecule has 0 aromatic heterocycles. The minimum absolute atomic E-state index is 0.683. The van der Waals surface area contributed by atoms with Gasteiger partial charge in [-0.1, -0.05) is 41.5 Å². The van der Waals surface area contributed by atoms with Crippen LogP contribution in [0.5, 0.6) is 0 Å². The molecule has 0 radical (unpaired) electrons. The fourth-order valence-electron chi connectivity index (χ4n) is 3.08. The molecule has 2 atom stereocenters. The molecule has 0 spiro atoms. The van der Waals surface area contributed by atoms with Crippen LogP contribution >= 0.6 is 0 Å². The molecule has 0 aromatic carbocycles. The first-order chi connectivity index (χ1) is 8.90. The molecule has 2 heteroatoms. The maximum absolute atomic E-state index is 3.76. The summed E-state index contributed by atoms with van der Waals surface area (Å²) in [7, 11) is 0. The van der Waals surface area contributed by atoms with Crippen molar-refractivity contribution in [1.82, 2.24) is 10.2 Å². The Hall–Kier alpha value is -0.0800. The zero-order valence-corrected chi connectivity index (χ0v) is 14.1. The first kappa shape index (κ1) is 17.0. The Kier molecular flexibility index (Phi) is 7.38. The Labute approximate surface area is 121 Å². The summed E-state index contributed by atoms with van der Waals surface area (Å²) < 4.78 is 0. The molecule has 1 saturated heterocycles. The van der Waals surface area contributed by atoms with Crippen LogP contribution in [0.3, 0.4) is 0 Å². The fraction of sp³-hybridized carbons (Fsp3) is 1.00. The van der Waals surface area contributed by atoms with Gasteiger partial charge in [0.1, 0.15) is 0 Å². The summed E-state index contributed by atoms with van der Waals surface area (Å²) in [6.45, 7) is 17.8. The van der Waals surface area contributed by atoms with Crippen LogP contribution in [0.25, 0.3) is 0 Å². The monoisotopic (exact) mass is 268 g/mol. The predicted molar refractivity (Wildman–Crippen MR) is 85.5 cm³/mol. The molecule has 114 valence electrons. The topological polar surface area (TPSA) is 15.3 Å². The van der Waals surface area contributed by atoms with Gasteiger partial charge in [-0.05, 0) is 43.6 Å². The highest BCUT2D eigenvalue weighted by molar-refractivity contribution is 4.88. The number of piperazine rings is 1. The normalized spacial score (nSPS) is 25.7. The standard InChI is InChI=1S/C17H36N2/c1-13(2)8-7-9-19-12-17(15(5)6)18-11-16(19)10-14(3)4/h13-18H,7-12H2,1-6H3. The molecule has 0 amide bonds. The van der Waals surface area contributed by atoms with Crippen LogP contribution in [0.4, 0.5) is 0 Å². The Morgan fingerprint density at radius 2 is 1.74 bits per heavy atom. The first-order valence-corrected chi connectivity index (χ1v) is 8.37. The molecule has 1 aliphatic rings. The summed E-state index contributed by atoms with van der Waals surface area (Å²) in [6.07, 6.45) is 4.06. The van der Waals surface area contributed by atoms with E-state index in [2.05, 4.69) is 51.8 Å². The Balaban J connectivity index is 2.49. The first-order valence-electron chi connectivity index (χ1n) is 8.37. The molecular formula is C17H36N2. The van der Waals surface area contributed by atoms with E-state index in [-0.39, 0.29) is 0 Å². The molecular weight excluding hydrogens is 232 g/mol. The Bertz CT molecular complexity index is 235. The zero-order valence-electron chi connectivity index (χ0n) is 14.1. The van der Waals surface area contributed by atoms with Gasteiger partial charge >= 0.3 is 0 Å². The molecule has 0 aliphatic carbocycles. The van der Waals surface area contributed by atoms with E-state index in [1.165, 1.54) is 38.9 Å². The van der Waals surface area contributed by atoms with Crippen molar-refractivity contribution in [3.05, 3.63) is 0 Å². The van der Waals surface area contributed by atoms with Gasteiger partial charge in [0, 0.05) is 25.2 Å². The average Bonchev–Trinajstić information content (AvgIpc) is 2.29. The summed E-state index contributed by atoms with van der Waals surface area (Å²) in [6, 6.07) is 1.43. The van der Waals surface area contributed by atoms with Gasteiger partial charge in [-0.25, -0.2) is 0 Å². The van der Waals surface area contributed by atoms with Gasteiger partial charge in [0.15, 0.2) is 0 Å². The summed E-state index contributed by atoms with van der Waals surface area (Å²) in [4.78, 5) is 2.77. The van der Waals surface area contributed by atoms with Crippen molar-refractivity contribution in [3.63, 3.8) is 0 Å². The van der Waals surface area contributed by atoms with Crippen LogP contribution in [0.15, 0.2) is 0 Å². The highest BCUT2D eigenvalue weighted by atomic mass is 15.2. The van der Waals surface area contributed by atoms with Crippen LogP contribution in [0.2, 0.25) is 0 Å². The maximum Gasteiger partial charge on any atom is 0.0223 e. The summed E-state index contributed by atoms with van der Waals surface area (Å²) in [5, 5.41) is 3.76. The second-order valence-electron chi connectivity index (χ2n) is 7.57. The molecule has 1 aliphatic heterocycles. The lowest BCUT2D eigenvalue weighted by atomic mass is 9.94. The van der Waals surface area contributed by atoms with Gasteiger partial charge < -0.3 is 5.32 Å². The summed E-state index contributed by atoms with van der Waals surface area (Å²) in [5.74, 6) is 2.38. The molecule has 0 saturated carbocycles. The third kappa shape index (κ3) is 6.27. The van der Waals surface area contributed by atoms with Crippen LogP contribution in [0.1, 0.15) is 60.8 Å². The average molecular weight is 268 g/mol. The van der Waals surface area contributed by atoms with E-state index in [9.17, 15) is 0 Å². The van der Waals surface area contributed by atoms with Crippen molar-refractivity contribution >= 4 is 0 Å². The van der Waals surface area contributed by atoms with Crippen molar-refractivity contribution in [2.24, 2.45) is 17.8 Å². The second kappa shape index (κ2) is 8.26. The number of hydrogen-bond acceptors (Lipinski definition) is 2. The minimum atomic E-state index is 0.683. The van der Waals surface area contributed by atoms with Crippen molar-refractivity contribution in [3.8, 4) is 0 Å². The van der Waals surface area contributed by atoms with E-state index in [4.69, 9.17) is 0 Å². The van der Waals surface area contributed by atoms with Gasteiger partial charge in [-0.2, -0.15) is 0 Å². The number of nitrogens with one attached hydrogen (secondary N) is 1. The van der Waals surface area contributed by atoms with Gasteiger partial charge in [-0.3, -0.25) is 4.90 Å². The van der Waals surface area contributed by atoms with E-state index >= 15 is 0 Å². The summed E-state index contributed by atoms with van der Waals surface area (Å²) >= 11 is 0. The highest BCUT2D eigenvalue weighted by Crippen LogP contribution is 2.19. The molecule has 1 N–H and O–H groups in total. The third-order valence-corrected chi connectivity index (χ3v) is 4.34. The van der Waals surface area contributed by atoms with Crippen LogP contribution in [-0.4, -0.2) is 36.6 Å². The van der Waals surface area contributed by atoms with Crippen molar-refractivity contribution in [2.75, 3.05) is 19.6 Å². The van der Waals surface area contributed by atoms with Gasteiger partial charge in [0.05, 0.1) is 0 Å². The van der Waals surface area contributed by atoms with Crippen molar-refractivity contribution in [1.29, 1.82) is 0 Å². The van der Waals surface area contributed by atoms with E-state index in [0.717, 1.165) is 23.8 Å². The predicted octanol–water partition coefficient (Wildman–Crippen LogP) is 3.77. The lowest BCUT2D eigenvalue weighted by Gasteiger charge is -2.42. The lowest BCUT2D eigenvalue weighted by molar-refractivity contribution is 0.0965. The SMILES string of the molecule is CC(C)CCCN1CC(C(C)C)NCC1CC(C)C. The third-order valence-electron chi connectivity index (χ3n) is 4.34. The smallest absolute Gasteiger partial charge is 0.0223 e. The Morgan fingerprint density at radius 1 is 1.05 bits per heavy atom. The van der Waals surface area contributed by atoms with Crippen LogP contribution < -0.4 is 5.32 Å². The van der Waals surface area contributed by atoms with E-state index in [1.807, 2.05) is 0 Å². The lowest BCUT2D eigenvalue weighted by Crippen LogP contribution is -2.58. The number of rotatable bonds is 7. The minimum Gasteiger partial charge on any atom is -0.311 e. The molecule has 0 bridgehead atoms. The maximum atomic E-state index is 3.76. The molecule has 1 fully saturated rings. The molecule has 1 rings (SSSR count). The Morgan fingerprint density at radius 3 is 2.26 bits per heavy atom. The van der Waals surface area contributed by atoms with Gasteiger partial charge in [0.25, 0.3) is 0 Å². The molecule has 0 aromatic rings. The van der Waals surface area contributed by atoms with Crippen molar-refractivity contribution in [2.45, 2.75) is 72.9 Å². The molecule has 1 heterocycles. The van der Waals surface area contributed by atoms with E-state index < -0.39 is 0 Å².